The quantitative estimate of drug-likeness (QED) is 0.570. The van der Waals surface area contributed by atoms with Gasteiger partial charge in [0, 0.05) is 10.0 Å². The smallest absolute Gasteiger partial charge is 0.0452 e. The van der Waals surface area contributed by atoms with Crippen molar-refractivity contribution in [1.82, 2.24) is 0 Å². The minimum absolute atomic E-state index is 0.703. The van der Waals surface area contributed by atoms with Gasteiger partial charge in [0.05, 0.1) is 0 Å². The van der Waals surface area contributed by atoms with Crippen molar-refractivity contribution in [1.29, 1.82) is 0 Å². The highest BCUT2D eigenvalue weighted by Crippen LogP contribution is 2.22. The zero-order valence-corrected chi connectivity index (χ0v) is 10.4. The second-order valence-electron chi connectivity index (χ2n) is 3.27. The highest BCUT2D eigenvalue weighted by Gasteiger charge is 2.00. The number of halogens is 2. The van der Waals surface area contributed by atoms with Gasteiger partial charge in [-0.15, -0.1) is 0 Å². The molecule has 0 heterocycles. The summed E-state index contributed by atoms with van der Waals surface area (Å²) < 4.78 is 0. The molecule has 0 radical (unpaired) electrons. The van der Waals surface area contributed by atoms with Crippen LogP contribution in [0, 0.1) is 0 Å². The summed E-state index contributed by atoms with van der Waals surface area (Å²) in [5, 5.41) is 1.48. The molecule has 1 aromatic carbocycles. The molecule has 0 aliphatic carbocycles. The van der Waals surface area contributed by atoms with Crippen LogP contribution in [0.2, 0.25) is 10.0 Å². The number of benzene rings is 1. The van der Waals surface area contributed by atoms with Crippen molar-refractivity contribution in [3.8, 4) is 0 Å². The Morgan fingerprint density at radius 1 is 1.07 bits per heavy atom. The highest BCUT2D eigenvalue weighted by molar-refractivity contribution is 7.80. The Morgan fingerprint density at radius 2 is 1.86 bits per heavy atom. The minimum Gasteiger partial charge on any atom is -0.179 e. The van der Waals surface area contributed by atoms with Gasteiger partial charge in [-0.1, -0.05) is 35.7 Å². The average molecular weight is 249 g/mol. The summed E-state index contributed by atoms with van der Waals surface area (Å²) in [6.07, 6.45) is 4.59. The fraction of sp³-hybridized carbons (Fsp3) is 0.455. The maximum Gasteiger partial charge on any atom is 0.0452 e. The van der Waals surface area contributed by atoms with Gasteiger partial charge in [0.2, 0.25) is 0 Å². The summed E-state index contributed by atoms with van der Waals surface area (Å²) in [5.41, 5.74) is 1.19. The van der Waals surface area contributed by atoms with Crippen LogP contribution in [-0.4, -0.2) is 5.75 Å². The number of rotatable bonds is 5. The van der Waals surface area contributed by atoms with E-state index >= 15 is 0 Å². The van der Waals surface area contributed by atoms with Crippen molar-refractivity contribution in [2.45, 2.75) is 25.7 Å². The third-order valence-electron chi connectivity index (χ3n) is 2.12. The highest BCUT2D eigenvalue weighted by atomic mass is 35.5. The van der Waals surface area contributed by atoms with Gasteiger partial charge in [-0.3, -0.25) is 0 Å². The van der Waals surface area contributed by atoms with Crippen molar-refractivity contribution < 1.29 is 0 Å². The molecule has 0 aliphatic heterocycles. The van der Waals surface area contributed by atoms with E-state index in [1.54, 1.807) is 6.07 Å². The molecule has 0 aromatic heterocycles. The predicted molar refractivity (Wildman–Crippen MR) is 67.9 cm³/mol. The van der Waals surface area contributed by atoms with Crippen LogP contribution >= 0.6 is 35.8 Å². The van der Waals surface area contributed by atoms with E-state index in [9.17, 15) is 0 Å². The van der Waals surface area contributed by atoms with Crippen LogP contribution in [0.4, 0.5) is 0 Å². The van der Waals surface area contributed by atoms with Crippen LogP contribution in [0.25, 0.3) is 0 Å². The summed E-state index contributed by atoms with van der Waals surface area (Å²) in [5.74, 6) is 0.967. The summed E-state index contributed by atoms with van der Waals surface area (Å²) in [4.78, 5) is 0. The number of thiol groups is 1. The van der Waals surface area contributed by atoms with Crippen LogP contribution in [0.3, 0.4) is 0 Å². The van der Waals surface area contributed by atoms with E-state index in [0.717, 1.165) is 17.2 Å². The molecule has 1 rings (SSSR count). The fourth-order valence-electron chi connectivity index (χ4n) is 1.33. The van der Waals surface area contributed by atoms with E-state index in [0.29, 0.717) is 5.02 Å². The number of aryl methyl sites for hydroxylation is 1. The SMILES string of the molecule is SCCCCCc1ccc(Cl)cc1Cl. The van der Waals surface area contributed by atoms with Gasteiger partial charge < -0.3 is 0 Å². The normalized spacial score (nSPS) is 10.5. The molecule has 0 fully saturated rings. The molecule has 78 valence electrons. The first-order chi connectivity index (χ1) is 6.74. The zero-order valence-electron chi connectivity index (χ0n) is 7.97. The van der Waals surface area contributed by atoms with Crippen LogP contribution in [0.5, 0.6) is 0 Å². The van der Waals surface area contributed by atoms with Gasteiger partial charge in [-0.2, -0.15) is 12.6 Å². The first-order valence-corrected chi connectivity index (χ1v) is 6.17. The second kappa shape index (κ2) is 6.60. The topological polar surface area (TPSA) is 0 Å². The lowest BCUT2D eigenvalue weighted by Crippen LogP contribution is -1.87. The summed E-state index contributed by atoms with van der Waals surface area (Å²) in [6.45, 7) is 0. The van der Waals surface area contributed by atoms with E-state index in [1.165, 1.54) is 24.8 Å². The molecule has 0 spiro atoms. The molecule has 14 heavy (non-hydrogen) atoms. The zero-order chi connectivity index (χ0) is 10.4. The lowest BCUT2D eigenvalue weighted by Gasteiger charge is -2.04. The monoisotopic (exact) mass is 248 g/mol. The molecule has 0 bridgehead atoms. The molecule has 0 saturated carbocycles. The van der Waals surface area contributed by atoms with Gasteiger partial charge in [-0.05, 0) is 42.7 Å². The fourth-order valence-corrected chi connectivity index (χ4v) is 2.06. The Hall–Kier alpha value is 0.150. The standard InChI is InChI=1S/C11H14Cl2S/c12-10-6-5-9(11(13)8-10)4-2-1-3-7-14/h5-6,8,14H,1-4,7H2. The summed E-state index contributed by atoms with van der Waals surface area (Å²) >= 11 is 16.0. The Labute approximate surface area is 101 Å². The lowest BCUT2D eigenvalue weighted by molar-refractivity contribution is 0.723. The number of hydrogen-bond donors (Lipinski definition) is 1. The van der Waals surface area contributed by atoms with Crippen molar-refractivity contribution in [2.75, 3.05) is 5.75 Å². The Bertz CT molecular complexity index is 287. The van der Waals surface area contributed by atoms with Gasteiger partial charge in [0.1, 0.15) is 0 Å². The third-order valence-corrected chi connectivity index (χ3v) is 3.02. The van der Waals surface area contributed by atoms with Crippen molar-refractivity contribution >= 4 is 35.8 Å². The first-order valence-electron chi connectivity index (χ1n) is 4.79. The molecule has 1 aromatic rings. The molecule has 3 heteroatoms. The minimum atomic E-state index is 0.703. The Balaban J connectivity index is 2.42. The van der Waals surface area contributed by atoms with Gasteiger partial charge in [-0.25, -0.2) is 0 Å². The maximum absolute atomic E-state index is 6.04. The van der Waals surface area contributed by atoms with Crippen molar-refractivity contribution in [3.05, 3.63) is 33.8 Å². The van der Waals surface area contributed by atoms with Crippen LogP contribution < -0.4 is 0 Å². The van der Waals surface area contributed by atoms with E-state index in [-0.39, 0.29) is 0 Å². The molecule has 0 unspecified atom stereocenters. The largest absolute Gasteiger partial charge is 0.179 e. The van der Waals surface area contributed by atoms with Crippen LogP contribution in [0.1, 0.15) is 24.8 Å². The molecule has 0 saturated heterocycles. The molecule has 0 aliphatic rings. The molecular weight excluding hydrogens is 235 g/mol. The van der Waals surface area contributed by atoms with Gasteiger partial charge >= 0.3 is 0 Å². The van der Waals surface area contributed by atoms with E-state index in [1.807, 2.05) is 12.1 Å². The molecule has 0 nitrogen and oxygen atoms in total. The number of unbranched alkanes of at least 4 members (excludes halogenated alkanes) is 2. The third kappa shape index (κ3) is 4.12. The van der Waals surface area contributed by atoms with Gasteiger partial charge in [0.25, 0.3) is 0 Å². The maximum atomic E-state index is 6.04. The Kier molecular flexibility index (Phi) is 5.76. The number of hydrogen-bond acceptors (Lipinski definition) is 1. The summed E-state index contributed by atoms with van der Waals surface area (Å²) in [7, 11) is 0. The van der Waals surface area contributed by atoms with E-state index < -0.39 is 0 Å². The molecule has 0 amide bonds. The Morgan fingerprint density at radius 3 is 2.50 bits per heavy atom. The van der Waals surface area contributed by atoms with Crippen molar-refractivity contribution in [2.24, 2.45) is 0 Å². The van der Waals surface area contributed by atoms with E-state index in [2.05, 4.69) is 12.6 Å². The average Bonchev–Trinajstić information content (AvgIpc) is 2.15. The molecule has 0 atom stereocenters. The van der Waals surface area contributed by atoms with Gasteiger partial charge in [0.15, 0.2) is 0 Å². The predicted octanol–water partition coefficient (Wildman–Crippen LogP) is 4.64. The summed E-state index contributed by atoms with van der Waals surface area (Å²) in [6, 6.07) is 5.70. The van der Waals surface area contributed by atoms with Crippen LogP contribution in [-0.2, 0) is 6.42 Å². The second-order valence-corrected chi connectivity index (χ2v) is 4.56. The molecule has 0 N–H and O–H groups in total. The van der Waals surface area contributed by atoms with Crippen LogP contribution in [0.15, 0.2) is 18.2 Å². The van der Waals surface area contributed by atoms with Crippen molar-refractivity contribution in [3.63, 3.8) is 0 Å². The van der Waals surface area contributed by atoms with E-state index in [4.69, 9.17) is 23.2 Å². The first kappa shape index (κ1) is 12.2. The molecular formula is C11H14Cl2S. The lowest BCUT2D eigenvalue weighted by atomic mass is 10.1.